The Hall–Kier alpha value is -0.870. The summed E-state index contributed by atoms with van der Waals surface area (Å²) in [6.45, 7) is 5.90. The van der Waals surface area contributed by atoms with Crippen LogP contribution in [0.5, 0.6) is 0 Å². The molecule has 0 saturated heterocycles. The normalized spacial score (nSPS) is 42.7. The van der Waals surface area contributed by atoms with E-state index in [1.54, 1.807) is 6.08 Å². The van der Waals surface area contributed by atoms with Crippen LogP contribution in [0.1, 0.15) is 46.5 Å². The zero-order chi connectivity index (χ0) is 14.4. The van der Waals surface area contributed by atoms with Gasteiger partial charge in [0, 0.05) is 5.57 Å². The summed E-state index contributed by atoms with van der Waals surface area (Å²) in [5, 5.41) is 30.3. The number of carboxylic acid groups (broad SMARTS) is 1. The Morgan fingerprint density at radius 3 is 2.63 bits per heavy atom. The van der Waals surface area contributed by atoms with E-state index in [0.717, 1.165) is 0 Å². The van der Waals surface area contributed by atoms with Crippen molar-refractivity contribution in [3.8, 4) is 0 Å². The number of allylic oxidation sites excluding steroid dienone is 1. The van der Waals surface area contributed by atoms with E-state index in [4.69, 9.17) is 5.11 Å². The van der Waals surface area contributed by atoms with Gasteiger partial charge in [0.05, 0.1) is 11.7 Å². The summed E-state index contributed by atoms with van der Waals surface area (Å²) in [5.74, 6) is -0.957. The Morgan fingerprint density at radius 2 is 2.11 bits per heavy atom. The Morgan fingerprint density at radius 1 is 1.47 bits per heavy atom. The molecule has 0 bridgehead atoms. The number of aliphatic hydroxyl groups is 2. The molecule has 0 aromatic rings. The second-order valence-electron chi connectivity index (χ2n) is 6.75. The highest BCUT2D eigenvalue weighted by atomic mass is 16.4. The SMILES string of the molecule is CC(C)[C@@]1(O)[C@H](O)C[C@@]2(C)CC=C(C(=O)O)CC[C@@H]21. The first-order valence-corrected chi connectivity index (χ1v) is 7.04. The highest BCUT2D eigenvalue weighted by Crippen LogP contribution is 2.57. The van der Waals surface area contributed by atoms with Crippen molar-refractivity contribution < 1.29 is 20.1 Å². The molecule has 1 saturated carbocycles. The highest BCUT2D eigenvalue weighted by molar-refractivity contribution is 5.86. The minimum atomic E-state index is -1.10. The van der Waals surface area contributed by atoms with Gasteiger partial charge < -0.3 is 15.3 Å². The molecule has 108 valence electrons. The first-order chi connectivity index (χ1) is 8.71. The Bertz CT molecular complexity index is 414. The number of rotatable bonds is 2. The van der Waals surface area contributed by atoms with Crippen molar-refractivity contribution in [2.45, 2.75) is 58.2 Å². The number of carbonyl (C=O) groups is 1. The van der Waals surface area contributed by atoms with E-state index in [2.05, 4.69) is 6.92 Å². The average molecular weight is 268 g/mol. The highest BCUT2D eigenvalue weighted by Gasteiger charge is 2.60. The lowest BCUT2D eigenvalue weighted by Gasteiger charge is -2.40. The van der Waals surface area contributed by atoms with Crippen LogP contribution in [0.2, 0.25) is 0 Å². The van der Waals surface area contributed by atoms with Crippen LogP contribution in [0.15, 0.2) is 11.6 Å². The van der Waals surface area contributed by atoms with E-state index < -0.39 is 17.7 Å². The first-order valence-electron chi connectivity index (χ1n) is 7.04. The monoisotopic (exact) mass is 268 g/mol. The molecule has 0 aliphatic heterocycles. The molecular formula is C15H24O4. The minimum absolute atomic E-state index is 0.0410. The topological polar surface area (TPSA) is 77.8 Å². The fourth-order valence-corrected chi connectivity index (χ4v) is 4.08. The number of hydrogen-bond donors (Lipinski definition) is 3. The molecule has 4 atom stereocenters. The predicted octanol–water partition coefficient (Wildman–Crippen LogP) is 1.96. The summed E-state index contributed by atoms with van der Waals surface area (Å²) in [6.07, 6.45) is 3.31. The van der Waals surface area contributed by atoms with Gasteiger partial charge in [-0.05, 0) is 42.9 Å². The summed E-state index contributed by atoms with van der Waals surface area (Å²) in [4.78, 5) is 11.1. The molecule has 3 N–H and O–H groups in total. The van der Waals surface area contributed by atoms with Crippen molar-refractivity contribution in [2.75, 3.05) is 0 Å². The molecule has 0 heterocycles. The Labute approximate surface area is 114 Å². The van der Waals surface area contributed by atoms with E-state index in [-0.39, 0.29) is 17.3 Å². The van der Waals surface area contributed by atoms with Gasteiger partial charge in [0.2, 0.25) is 0 Å². The van der Waals surface area contributed by atoms with Crippen molar-refractivity contribution in [2.24, 2.45) is 17.3 Å². The van der Waals surface area contributed by atoms with Crippen LogP contribution >= 0.6 is 0 Å². The number of carboxylic acids is 1. The van der Waals surface area contributed by atoms with E-state index in [9.17, 15) is 15.0 Å². The molecule has 19 heavy (non-hydrogen) atoms. The average Bonchev–Trinajstić information content (AvgIpc) is 2.44. The Balaban J connectivity index is 2.34. The van der Waals surface area contributed by atoms with Gasteiger partial charge in [0.1, 0.15) is 0 Å². The summed E-state index contributed by atoms with van der Waals surface area (Å²) in [5.41, 5.74) is -0.872. The van der Waals surface area contributed by atoms with Crippen LogP contribution < -0.4 is 0 Å². The standard InChI is InChI=1S/C15H24O4/c1-9(2)15(19)11-5-4-10(13(17)18)6-7-14(11,3)8-12(15)16/h6,9,11-12,16,19H,4-5,7-8H2,1-3H3,(H,17,18)/t11-,12+,14+,15-/m0/s1. The third kappa shape index (κ3) is 2.11. The van der Waals surface area contributed by atoms with Crippen LogP contribution in [0.25, 0.3) is 0 Å². The van der Waals surface area contributed by atoms with Gasteiger partial charge in [-0.15, -0.1) is 0 Å². The van der Waals surface area contributed by atoms with Crippen molar-refractivity contribution >= 4 is 5.97 Å². The molecule has 0 unspecified atom stereocenters. The van der Waals surface area contributed by atoms with Crippen LogP contribution in [-0.2, 0) is 4.79 Å². The molecule has 0 amide bonds. The fourth-order valence-electron chi connectivity index (χ4n) is 4.08. The maximum absolute atomic E-state index is 11.1. The predicted molar refractivity (Wildman–Crippen MR) is 71.6 cm³/mol. The van der Waals surface area contributed by atoms with E-state index in [1.165, 1.54) is 0 Å². The third-order valence-corrected chi connectivity index (χ3v) is 5.31. The van der Waals surface area contributed by atoms with E-state index in [0.29, 0.717) is 31.3 Å². The van der Waals surface area contributed by atoms with Crippen molar-refractivity contribution in [3.63, 3.8) is 0 Å². The lowest BCUT2D eigenvalue weighted by atomic mass is 9.69. The zero-order valence-corrected chi connectivity index (χ0v) is 11.9. The summed E-state index contributed by atoms with van der Waals surface area (Å²) in [7, 11) is 0. The second-order valence-corrected chi connectivity index (χ2v) is 6.75. The third-order valence-electron chi connectivity index (χ3n) is 5.31. The molecule has 1 fully saturated rings. The molecule has 2 rings (SSSR count). The number of aliphatic carboxylic acids is 1. The largest absolute Gasteiger partial charge is 0.478 e. The van der Waals surface area contributed by atoms with Crippen LogP contribution in [0, 0.1) is 17.3 Å². The van der Waals surface area contributed by atoms with E-state index >= 15 is 0 Å². The number of hydrogen-bond acceptors (Lipinski definition) is 3. The van der Waals surface area contributed by atoms with Gasteiger partial charge in [-0.1, -0.05) is 26.8 Å². The fraction of sp³-hybridized carbons (Fsp3) is 0.800. The molecule has 0 aromatic heterocycles. The maximum Gasteiger partial charge on any atom is 0.331 e. The van der Waals surface area contributed by atoms with Crippen molar-refractivity contribution in [1.82, 2.24) is 0 Å². The summed E-state index contributed by atoms with van der Waals surface area (Å²) in [6, 6.07) is 0. The maximum atomic E-state index is 11.1. The zero-order valence-electron chi connectivity index (χ0n) is 11.9. The van der Waals surface area contributed by atoms with Crippen LogP contribution in [0.4, 0.5) is 0 Å². The smallest absolute Gasteiger partial charge is 0.331 e. The molecule has 0 aromatic carbocycles. The summed E-state index contributed by atoms with van der Waals surface area (Å²) < 4.78 is 0. The van der Waals surface area contributed by atoms with Crippen LogP contribution in [-0.4, -0.2) is 33.0 Å². The number of fused-ring (bicyclic) bond motifs is 1. The van der Waals surface area contributed by atoms with E-state index in [1.807, 2.05) is 13.8 Å². The van der Waals surface area contributed by atoms with Crippen molar-refractivity contribution in [1.29, 1.82) is 0 Å². The molecule has 0 spiro atoms. The van der Waals surface area contributed by atoms with Gasteiger partial charge in [-0.25, -0.2) is 4.79 Å². The van der Waals surface area contributed by atoms with Gasteiger partial charge in [-0.3, -0.25) is 0 Å². The quantitative estimate of drug-likeness (QED) is 0.715. The van der Waals surface area contributed by atoms with Crippen molar-refractivity contribution in [3.05, 3.63) is 11.6 Å². The summed E-state index contributed by atoms with van der Waals surface area (Å²) >= 11 is 0. The van der Waals surface area contributed by atoms with Crippen LogP contribution in [0.3, 0.4) is 0 Å². The number of aliphatic hydroxyl groups excluding tert-OH is 1. The first kappa shape index (κ1) is 14.5. The van der Waals surface area contributed by atoms with Gasteiger partial charge >= 0.3 is 5.97 Å². The molecular weight excluding hydrogens is 244 g/mol. The molecule has 0 radical (unpaired) electrons. The minimum Gasteiger partial charge on any atom is -0.478 e. The Kier molecular flexibility index (Phi) is 3.52. The lowest BCUT2D eigenvalue weighted by molar-refractivity contribution is -0.133. The van der Waals surface area contributed by atoms with Gasteiger partial charge in [0.25, 0.3) is 0 Å². The molecule has 2 aliphatic carbocycles. The van der Waals surface area contributed by atoms with Gasteiger partial charge in [-0.2, -0.15) is 0 Å². The lowest BCUT2D eigenvalue weighted by Crippen LogP contribution is -2.49. The van der Waals surface area contributed by atoms with Gasteiger partial charge in [0.15, 0.2) is 0 Å². The second kappa shape index (κ2) is 4.60. The molecule has 4 nitrogen and oxygen atoms in total. The molecule has 2 aliphatic rings. The molecule has 4 heteroatoms.